The average molecular weight is 238 g/mol. The van der Waals surface area contributed by atoms with Crippen LogP contribution in [0.5, 0.6) is 5.75 Å². The van der Waals surface area contributed by atoms with Crippen LogP contribution < -0.4 is 10.5 Å². The van der Waals surface area contributed by atoms with Gasteiger partial charge in [0.05, 0.1) is 12.7 Å². The van der Waals surface area contributed by atoms with E-state index in [1.54, 1.807) is 13.0 Å². The van der Waals surface area contributed by atoms with E-state index in [1.165, 1.54) is 12.1 Å². The fourth-order valence-corrected chi connectivity index (χ4v) is 1.24. The number of hydrogen-bond acceptors (Lipinski definition) is 4. The number of benzene rings is 1. The molecule has 1 aromatic rings. The fourth-order valence-electron chi connectivity index (χ4n) is 1.24. The van der Waals surface area contributed by atoms with Gasteiger partial charge in [0.1, 0.15) is 24.3 Å². The number of nitriles is 1. The van der Waals surface area contributed by atoms with E-state index in [0.717, 1.165) is 0 Å². The number of hydrogen-bond donors (Lipinski definition) is 1. The Balaban J connectivity index is 2.41. The van der Waals surface area contributed by atoms with Crippen LogP contribution in [-0.2, 0) is 11.3 Å². The standard InChI is InChI=1S/C12H15FN2O2/c1-9(7-14)16-2-3-17-12-5-10(8-15)4-11(13)6-12/h4-6,9H,2-3,8,15H2,1H3. The molecule has 0 aliphatic rings. The van der Waals surface area contributed by atoms with Gasteiger partial charge in [-0.3, -0.25) is 0 Å². The van der Waals surface area contributed by atoms with Gasteiger partial charge in [-0.2, -0.15) is 5.26 Å². The molecule has 1 aromatic carbocycles. The average Bonchev–Trinajstić information content (AvgIpc) is 2.33. The third kappa shape index (κ3) is 4.81. The highest BCUT2D eigenvalue weighted by atomic mass is 19.1. The molecule has 0 aliphatic carbocycles. The van der Waals surface area contributed by atoms with Crippen molar-refractivity contribution < 1.29 is 13.9 Å². The highest BCUT2D eigenvalue weighted by Gasteiger charge is 2.02. The maximum atomic E-state index is 13.1. The molecule has 0 heterocycles. The summed E-state index contributed by atoms with van der Waals surface area (Å²) in [4.78, 5) is 0. The maximum Gasteiger partial charge on any atom is 0.141 e. The van der Waals surface area contributed by atoms with Gasteiger partial charge in [-0.1, -0.05) is 0 Å². The Kier molecular flexibility index (Phi) is 5.40. The number of nitrogens with zero attached hydrogens (tertiary/aromatic N) is 1. The third-order valence-electron chi connectivity index (χ3n) is 2.07. The van der Waals surface area contributed by atoms with Crippen LogP contribution in [-0.4, -0.2) is 19.3 Å². The van der Waals surface area contributed by atoms with Crippen LogP contribution in [0.15, 0.2) is 18.2 Å². The van der Waals surface area contributed by atoms with Crippen molar-refractivity contribution >= 4 is 0 Å². The molecule has 0 saturated carbocycles. The largest absolute Gasteiger partial charge is 0.491 e. The molecule has 0 saturated heterocycles. The van der Waals surface area contributed by atoms with Crippen LogP contribution in [0.2, 0.25) is 0 Å². The first-order valence-corrected chi connectivity index (χ1v) is 5.29. The van der Waals surface area contributed by atoms with Crippen molar-refractivity contribution in [1.29, 1.82) is 5.26 Å². The molecule has 0 spiro atoms. The quantitative estimate of drug-likeness (QED) is 0.764. The summed E-state index contributed by atoms with van der Waals surface area (Å²) in [6.07, 6.45) is -0.467. The lowest BCUT2D eigenvalue weighted by molar-refractivity contribution is 0.0743. The summed E-state index contributed by atoms with van der Waals surface area (Å²) in [6, 6.07) is 6.26. The van der Waals surface area contributed by atoms with Gasteiger partial charge in [-0.15, -0.1) is 0 Å². The maximum absolute atomic E-state index is 13.1. The minimum absolute atomic E-state index is 0.260. The topological polar surface area (TPSA) is 68.3 Å². The van der Waals surface area contributed by atoms with Gasteiger partial charge in [0.2, 0.25) is 0 Å². The van der Waals surface area contributed by atoms with Crippen molar-refractivity contribution in [3.8, 4) is 11.8 Å². The molecule has 0 aromatic heterocycles. The van der Waals surface area contributed by atoms with Gasteiger partial charge in [0, 0.05) is 12.6 Å². The Hall–Kier alpha value is -1.64. The SMILES string of the molecule is CC(C#N)OCCOc1cc(F)cc(CN)c1. The van der Waals surface area contributed by atoms with Crippen LogP contribution in [0.4, 0.5) is 4.39 Å². The summed E-state index contributed by atoms with van der Waals surface area (Å²) in [5.41, 5.74) is 6.09. The van der Waals surface area contributed by atoms with E-state index in [0.29, 0.717) is 11.3 Å². The first kappa shape index (κ1) is 13.4. The summed E-state index contributed by atoms with van der Waals surface area (Å²) in [6.45, 7) is 2.45. The minimum atomic E-state index is -0.467. The molecular weight excluding hydrogens is 223 g/mol. The lowest BCUT2D eigenvalue weighted by Crippen LogP contribution is -2.12. The van der Waals surface area contributed by atoms with Crippen molar-refractivity contribution in [2.24, 2.45) is 5.73 Å². The number of rotatable bonds is 6. The molecule has 0 bridgehead atoms. The van der Waals surface area contributed by atoms with E-state index in [4.69, 9.17) is 20.5 Å². The Bertz CT molecular complexity index is 404. The van der Waals surface area contributed by atoms with Gasteiger partial charge in [0.15, 0.2) is 0 Å². The van der Waals surface area contributed by atoms with Crippen LogP contribution in [0.1, 0.15) is 12.5 Å². The van der Waals surface area contributed by atoms with Crippen LogP contribution >= 0.6 is 0 Å². The molecular formula is C12H15FN2O2. The molecule has 17 heavy (non-hydrogen) atoms. The monoisotopic (exact) mass is 238 g/mol. The molecule has 0 amide bonds. The summed E-state index contributed by atoms with van der Waals surface area (Å²) in [5.74, 6) is 0.0351. The van der Waals surface area contributed by atoms with Crippen LogP contribution in [0.3, 0.4) is 0 Å². The zero-order valence-corrected chi connectivity index (χ0v) is 9.65. The smallest absolute Gasteiger partial charge is 0.141 e. The predicted molar refractivity (Wildman–Crippen MR) is 60.8 cm³/mol. The van der Waals surface area contributed by atoms with Crippen molar-refractivity contribution in [2.75, 3.05) is 13.2 Å². The van der Waals surface area contributed by atoms with Gasteiger partial charge in [0.25, 0.3) is 0 Å². The van der Waals surface area contributed by atoms with Crippen molar-refractivity contribution in [2.45, 2.75) is 19.6 Å². The minimum Gasteiger partial charge on any atom is -0.491 e. The van der Waals surface area contributed by atoms with Gasteiger partial charge in [-0.05, 0) is 24.6 Å². The Morgan fingerprint density at radius 3 is 2.82 bits per heavy atom. The molecule has 1 atom stereocenters. The van der Waals surface area contributed by atoms with Gasteiger partial charge >= 0.3 is 0 Å². The summed E-state index contributed by atoms with van der Waals surface area (Å²) < 4.78 is 23.5. The second-order valence-corrected chi connectivity index (χ2v) is 3.49. The molecule has 1 rings (SSSR count). The highest BCUT2D eigenvalue weighted by Crippen LogP contribution is 2.16. The van der Waals surface area contributed by atoms with Crippen LogP contribution in [0.25, 0.3) is 0 Å². The third-order valence-corrected chi connectivity index (χ3v) is 2.07. The molecule has 92 valence electrons. The second kappa shape index (κ2) is 6.84. The van der Waals surface area contributed by atoms with Crippen molar-refractivity contribution in [3.63, 3.8) is 0 Å². The van der Waals surface area contributed by atoms with Gasteiger partial charge < -0.3 is 15.2 Å². The number of nitrogens with two attached hydrogens (primary N) is 1. The zero-order valence-electron chi connectivity index (χ0n) is 9.65. The Labute approximate surface area is 99.7 Å². The van der Waals surface area contributed by atoms with Crippen LogP contribution in [0, 0.1) is 17.1 Å². The Morgan fingerprint density at radius 1 is 1.41 bits per heavy atom. The Morgan fingerprint density at radius 2 is 2.18 bits per heavy atom. The lowest BCUT2D eigenvalue weighted by atomic mass is 10.2. The second-order valence-electron chi connectivity index (χ2n) is 3.49. The van der Waals surface area contributed by atoms with E-state index in [-0.39, 0.29) is 25.6 Å². The summed E-state index contributed by atoms with van der Waals surface area (Å²) in [5, 5.41) is 8.48. The fraction of sp³-hybridized carbons (Fsp3) is 0.417. The van der Waals surface area contributed by atoms with E-state index >= 15 is 0 Å². The highest BCUT2D eigenvalue weighted by molar-refractivity contribution is 5.29. The molecule has 0 fully saturated rings. The van der Waals surface area contributed by atoms with Crippen molar-refractivity contribution in [1.82, 2.24) is 0 Å². The zero-order chi connectivity index (χ0) is 12.7. The summed E-state index contributed by atoms with van der Waals surface area (Å²) in [7, 11) is 0. The van der Waals surface area contributed by atoms with E-state index < -0.39 is 6.10 Å². The first-order valence-electron chi connectivity index (χ1n) is 5.29. The van der Waals surface area contributed by atoms with E-state index in [1.807, 2.05) is 6.07 Å². The predicted octanol–water partition coefficient (Wildman–Crippen LogP) is 1.59. The molecule has 0 aliphatic heterocycles. The van der Waals surface area contributed by atoms with E-state index in [9.17, 15) is 4.39 Å². The number of halogens is 1. The molecule has 2 N–H and O–H groups in total. The van der Waals surface area contributed by atoms with Crippen molar-refractivity contribution in [3.05, 3.63) is 29.6 Å². The van der Waals surface area contributed by atoms with E-state index in [2.05, 4.69) is 0 Å². The molecule has 0 radical (unpaired) electrons. The normalized spacial score (nSPS) is 11.9. The van der Waals surface area contributed by atoms with Gasteiger partial charge in [-0.25, -0.2) is 4.39 Å². The molecule has 5 heteroatoms. The lowest BCUT2D eigenvalue weighted by Gasteiger charge is -2.09. The molecule has 1 unspecified atom stereocenters. The number of ether oxygens (including phenoxy) is 2. The summed E-state index contributed by atoms with van der Waals surface area (Å²) >= 11 is 0. The first-order chi connectivity index (χ1) is 8.15. The molecule has 4 nitrogen and oxygen atoms in total.